The minimum Gasteiger partial charge on any atom is -0.270 e. The maximum atomic E-state index is 13.3. The van der Waals surface area contributed by atoms with Gasteiger partial charge in [0, 0.05) is 19.4 Å². The molecule has 16 heavy (non-hydrogen) atoms. The normalized spacial score (nSPS) is 50.8. The number of hydrogen-bond donors (Lipinski definition) is 1. The third kappa shape index (κ3) is 1.80. The third-order valence-corrected chi connectivity index (χ3v) is 5.03. The molecule has 1 N–H and O–H groups in total. The van der Waals surface area contributed by atoms with Crippen molar-refractivity contribution in [3.05, 3.63) is 0 Å². The Morgan fingerprint density at radius 3 is 2.69 bits per heavy atom. The van der Waals surface area contributed by atoms with E-state index < -0.39 is 22.8 Å². The first-order chi connectivity index (χ1) is 7.48. The predicted molar refractivity (Wildman–Crippen MR) is 55.0 cm³/mol. The number of halogens is 2. The lowest BCUT2D eigenvalue weighted by molar-refractivity contribution is -0.0636. The SMILES string of the molecule is O=S1NCC2(CC3CCC(F)(F)CC3C2)O1. The lowest BCUT2D eigenvalue weighted by Crippen LogP contribution is -2.30. The van der Waals surface area contributed by atoms with Crippen LogP contribution in [0.5, 0.6) is 0 Å². The van der Waals surface area contributed by atoms with Crippen LogP contribution in [0.3, 0.4) is 0 Å². The molecule has 0 aromatic carbocycles. The van der Waals surface area contributed by atoms with E-state index in [1.807, 2.05) is 0 Å². The summed E-state index contributed by atoms with van der Waals surface area (Å²) in [5.41, 5.74) is -0.430. The molecule has 1 spiro atoms. The topological polar surface area (TPSA) is 38.3 Å². The van der Waals surface area contributed by atoms with Gasteiger partial charge in [0.2, 0.25) is 17.2 Å². The highest BCUT2D eigenvalue weighted by atomic mass is 32.2. The highest BCUT2D eigenvalue weighted by Crippen LogP contribution is 2.53. The van der Waals surface area contributed by atoms with Crippen molar-refractivity contribution in [2.24, 2.45) is 11.8 Å². The molecule has 0 bridgehead atoms. The van der Waals surface area contributed by atoms with Crippen molar-refractivity contribution in [2.75, 3.05) is 6.54 Å². The van der Waals surface area contributed by atoms with E-state index in [2.05, 4.69) is 4.72 Å². The Balaban J connectivity index is 1.75. The first-order valence-electron chi connectivity index (χ1n) is 5.71. The fourth-order valence-corrected chi connectivity index (χ4v) is 4.41. The van der Waals surface area contributed by atoms with E-state index in [9.17, 15) is 13.0 Å². The molecule has 1 heterocycles. The van der Waals surface area contributed by atoms with E-state index in [1.54, 1.807) is 0 Å². The molecule has 92 valence electrons. The van der Waals surface area contributed by atoms with Gasteiger partial charge in [-0.15, -0.1) is 0 Å². The minimum absolute atomic E-state index is 0.000758. The molecule has 3 aliphatic rings. The number of hydrogen-bond acceptors (Lipinski definition) is 2. The molecule has 4 unspecified atom stereocenters. The van der Waals surface area contributed by atoms with Gasteiger partial charge in [-0.2, -0.15) is 0 Å². The molecular formula is C10H15F2NO2S. The number of alkyl halides is 2. The van der Waals surface area contributed by atoms with Crippen molar-refractivity contribution >= 4 is 11.3 Å². The van der Waals surface area contributed by atoms with Crippen LogP contribution in [0, 0.1) is 11.8 Å². The standard InChI is InChI=1S/C10H15F2NO2S/c11-10(12)2-1-7-3-9(4-8(7)5-10)6-13-16(14)15-9/h7-8,13H,1-6H2. The van der Waals surface area contributed by atoms with Gasteiger partial charge in [0.25, 0.3) is 0 Å². The molecule has 3 fully saturated rings. The summed E-state index contributed by atoms with van der Waals surface area (Å²) in [7, 11) is 0. The van der Waals surface area contributed by atoms with Crippen LogP contribution in [-0.4, -0.2) is 22.3 Å². The average molecular weight is 251 g/mol. The fraction of sp³-hybridized carbons (Fsp3) is 1.00. The van der Waals surface area contributed by atoms with E-state index in [4.69, 9.17) is 4.18 Å². The summed E-state index contributed by atoms with van der Waals surface area (Å²) in [6.07, 6.45) is 1.98. The Kier molecular flexibility index (Phi) is 2.39. The van der Waals surface area contributed by atoms with Gasteiger partial charge >= 0.3 is 0 Å². The smallest absolute Gasteiger partial charge is 0.248 e. The second-order valence-electron chi connectivity index (χ2n) is 5.35. The van der Waals surface area contributed by atoms with Crippen molar-refractivity contribution < 1.29 is 17.2 Å². The van der Waals surface area contributed by atoms with Crippen molar-refractivity contribution in [1.82, 2.24) is 4.72 Å². The Bertz CT molecular complexity index is 339. The van der Waals surface area contributed by atoms with Gasteiger partial charge in [-0.3, -0.25) is 4.18 Å². The number of rotatable bonds is 0. The van der Waals surface area contributed by atoms with E-state index in [1.165, 1.54) is 0 Å². The molecule has 3 nitrogen and oxygen atoms in total. The number of nitrogens with one attached hydrogen (secondary N) is 1. The summed E-state index contributed by atoms with van der Waals surface area (Å²) in [6, 6.07) is 0. The molecule has 0 amide bonds. The lowest BCUT2D eigenvalue weighted by atomic mass is 9.80. The molecule has 0 aromatic heterocycles. The minimum atomic E-state index is -2.50. The lowest BCUT2D eigenvalue weighted by Gasteiger charge is -2.31. The molecule has 2 saturated carbocycles. The van der Waals surface area contributed by atoms with Gasteiger partial charge < -0.3 is 0 Å². The Morgan fingerprint density at radius 2 is 2.00 bits per heavy atom. The maximum Gasteiger partial charge on any atom is 0.248 e. The molecule has 0 radical (unpaired) electrons. The molecule has 1 saturated heterocycles. The average Bonchev–Trinajstić information content (AvgIpc) is 2.68. The van der Waals surface area contributed by atoms with Crippen molar-refractivity contribution in [2.45, 2.75) is 43.6 Å². The molecule has 1 aliphatic heterocycles. The molecule has 2 aliphatic carbocycles. The molecular weight excluding hydrogens is 236 g/mol. The third-order valence-electron chi connectivity index (χ3n) is 4.14. The summed E-state index contributed by atoms with van der Waals surface area (Å²) in [6.45, 7) is 0.540. The first kappa shape index (κ1) is 11.0. The Hall–Kier alpha value is -0.0700. The van der Waals surface area contributed by atoms with Crippen LogP contribution in [0.4, 0.5) is 8.78 Å². The summed E-state index contributed by atoms with van der Waals surface area (Å²) in [5, 5.41) is 0. The predicted octanol–water partition coefficient (Wildman–Crippen LogP) is 1.77. The van der Waals surface area contributed by atoms with E-state index in [-0.39, 0.29) is 18.8 Å². The van der Waals surface area contributed by atoms with E-state index in [0.29, 0.717) is 25.3 Å². The van der Waals surface area contributed by atoms with Crippen LogP contribution >= 0.6 is 0 Å². The molecule has 0 aromatic rings. The van der Waals surface area contributed by atoms with Gasteiger partial charge in [0.1, 0.15) is 5.60 Å². The van der Waals surface area contributed by atoms with Crippen molar-refractivity contribution in [3.63, 3.8) is 0 Å². The summed E-state index contributed by atoms with van der Waals surface area (Å²) >= 11 is -1.42. The van der Waals surface area contributed by atoms with Crippen LogP contribution in [0.25, 0.3) is 0 Å². The van der Waals surface area contributed by atoms with Crippen LogP contribution in [0.1, 0.15) is 32.1 Å². The Morgan fingerprint density at radius 1 is 1.25 bits per heavy atom. The van der Waals surface area contributed by atoms with Gasteiger partial charge in [0.05, 0.1) is 0 Å². The van der Waals surface area contributed by atoms with Gasteiger partial charge in [-0.25, -0.2) is 17.7 Å². The van der Waals surface area contributed by atoms with Gasteiger partial charge in [-0.1, -0.05) is 0 Å². The van der Waals surface area contributed by atoms with Gasteiger partial charge in [0.15, 0.2) is 0 Å². The second-order valence-corrected chi connectivity index (χ2v) is 6.27. The van der Waals surface area contributed by atoms with E-state index in [0.717, 1.165) is 6.42 Å². The van der Waals surface area contributed by atoms with Crippen LogP contribution < -0.4 is 4.72 Å². The van der Waals surface area contributed by atoms with Gasteiger partial charge in [-0.05, 0) is 31.1 Å². The van der Waals surface area contributed by atoms with Crippen LogP contribution in [0.2, 0.25) is 0 Å². The zero-order valence-electron chi connectivity index (χ0n) is 8.88. The van der Waals surface area contributed by atoms with E-state index >= 15 is 0 Å². The largest absolute Gasteiger partial charge is 0.270 e. The highest BCUT2D eigenvalue weighted by Gasteiger charge is 2.54. The highest BCUT2D eigenvalue weighted by molar-refractivity contribution is 7.78. The summed E-state index contributed by atoms with van der Waals surface area (Å²) in [5.74, 6) is -2.13. The summed E-state index contributed by atoms with van der Waals surface area (Å²) in [4.78, 5) is 0. The number of fused-ring (bicyclic) bond motifs is 1. The van der Waals surface area contributed by atoms with Crippen molar-refractivity contribution in [1.29, 1.82) is 0 Å². The molecule has 6 heteroatoms. The second kappa shape index (κ2) is 3.46. The zero-order valence-corrected chi connectivity index (χ0v) is 9.69. The maximum absolute atomic E-state index is 13.3. The summed E-state index contributed by atoms with van der Waals surface area (Å²) < 4.78 is 45.9. The van der Waals surface area contributed by atoms with Crippen LogP contribution in [-0.2, 0) is 15.4 Å². The van der Waals surface area contributed by atoms with Crippen LogP contribution in [0.15, 0.2) is 0 Å². The Labute approximate surface area is 95.7 Å². The van der Waals surface area contributed by atoms with Crippen molar-refractivity contribution in [3.8, 4) is 0 Å². The fourth-order valence-electron chi connectivity index (χ4n) is 3.45. The monoisotopic (exact) mass is 251 g/mol. The first-order valence-corrected chi connectivity index (χ1v) is 6.78. The molecule has 4 atom stereocenters. The molecule has 3 rings (SSSR count). The zero-order chi connectivity index (χ0) is 11.4. The quantitative estimate of drug-likeness (QED) is 0.712.